The van der Waals surface area contributed by atoms with Crippen molar-refractivity contribution < 1.29 is 34.3 Å². The molecule has 0 aliphatic carbocycles. The first-order valence-electron chi connectivity index (χ1n) is 10.0. The van der Waals surface area contributed by atoms with Crippen molar-refractivity contribution in [1.82, 2.24) is 24.8 Å². The molecule has 2 unspecified atom stereocenters. The second-order valence-electron chi connectivity index (χ2n) is 7.25. The van der Waals surface area contributed by atoms with Crippen LogP contribution in [0.4, 0.5) is 10.2 Å². The highest BCUT2D eigenvalue weighted by Crippen LogP contribution is 2.23. The maximum absolute atomic E-state index is 13.1. The highest BCUT2D eigenvalue weighted by atomic mass is 19.1. The average molecular weight is 464 g/mol. The molecule has 0 saturated carbocycles. The Bertz CT molecular complexity index is 1080. The fourth-order valence-corrected chi connectivity index (χ4v) is 3.26. The molecule has 1 fully saturated rings. The highest BCUT2D eigenvalue weighted by molar-refractivity contribution is 5.80. The summed E-state index contributed by atoms with van der Waals surface area (Å²) in [5.74, 6) is 0.600. The van der Waals surface area contributed by atoms with Crippen molar-refractivity contribution in [2.24, 2.45) is 0 Å². The van der Waals surface area contributed by atoms with E-state index in [0.29, 0.717) is 35.6 Å². The summed E-state index contributed by atoms with van der Waals surface area (Å²) in [6, 6.07) is 6.32. The number of aliphatic hydroxyl groups excluding tert-OH is 4. The summed E-state index contributed by atoms with van der Waals surface area (Å²) in [6.07, 6.45) is -4.72. The second kappa shape index (κ2) is 10.6. The predicted octanol–water partition coefficient (Wildman–Crippen LogP) is -1.11. The lowest BCUT2D eigenvalue weighted by Gasteiger charge is -2.28. The van der Waals surface area contributed by atoms with Gasteiger partial charge in [0.1, 0.15) is 35.5 Å². The highest BCUT2D eigenvalue weighted by Gasteiger charge is 2.46. The number of carbonyl (C=O) groups excluding carboxylic acids is 1. The summed E-state index contributed by atoms with van der Waals surface area (Å²) in [5.41, 5.74) is 7.73. The molecule has 1 saturated heterocycles. The molecule has 3 heterocycles. The molecule has 1 aliphatic heterocycles. The van der Waals surface area contributed by atoms with Gasteiger partial charge in [-0.15, -0.1) is 0 Å². The molecule has 178 valence electrons. The third-order valence-corrected chi connectivity index (χ3v) is 5.02. The van der Waals surface area contributed by atoms with Crippen molar-refractivity contribution in [2.45, 2.75) is 44.2 Å². The smallest absolute Gasteiger partial charge is 0.211 e. The van der Waals surface area contributed by atoms with Crippen LogP contribution in [-0.2, 0) is 16.0 Å². The number of fused-ring (bicyclic) bond motifs is 1. The van der Waals surface area contributed by atoms with Crippen molar-refractivity contribution >= 4 is 23.4 Å². The molecule has 33 heavy (non-hydrogen) atoms. The summed E-state index contributed by atoms with van der Waals surface area (Å²) < 4.78 is 17.8. The van der Waals surface area contributed by atoms with Crippen molar-refractivity contribution in [1.29, 1.82) is 0 Å². The van der Waals surface area contributed by atoms with E-state index in [0.717, 1.165) is 10.5 Å². The number of aromatic nitrogens is 4. The van der Waals surface area contributed by atoms with E-state index in [9.17, 15) is 19.4 Å². The van der Waals surface area contributed by atoms with Gasteiger partial charge in [0.05, 0.1) is 6.33 Å². The van der Waals surface area contributed by atoms with Gasteiger partial charge in [0.25, 0.3) is 0 Å². The Labute approximate surface area is 187 Å². The van der Waals surface area contributed by atoms with E-state index in [1.54, 1.807) is 13.0 Å². The van der Waals surface area contributed by atoms with Gasteiger partial charge in [-0.1, -0.05) is 12.1 Å². The van der Waals surface area contributed by atoms with Crippen LogP contribution in [0, 0.1) is 5.82 Å². The van der Waals surface area contributed by atoms with E-state index in [-0.39, 0.29) is 12.4 Å². The standard InChI is InChI=1S/C12H10FN5.C8H15NO6/c13-8-3-1-2-7(4-8)5-9-17-11(14)10-12(18-9)16-6-15-10;1-2-9(3-10)7(13)6-4(11)5(12)8(14)15-6/h1-4,6H,5H2,(H3,14,15,16,17,18);3-8,11-14H,2H2,1H3/t;4-,5+,6-,7?,8?/m.0/s1. The molecule has 1 aromatic carbocycles. The van der Waals surface area contributed by atoms with Crippen LogP contribution in [0.15, 0.2) is 30.6 Å². The average Bonchev–Trinajstić information content (AvgIpc) is 3.36. The molecule has 4 rings (SSSR count). The van der Waals surface area contributed by atoms with Gasteiger partial charge in [-0.25, -0.2) is 19.3 Å². The minimum absolute atomic E-state index is 0.226. The number of rotatable bonds is 6. The van der Waals surface area contributed by atoms with Gasteiger partial charge in [0.15, 0.2) is 24.0 Å². The Kier molecular flexibility index (Phi) is 7.84. The van der Waals surface area contributed by atoms with Crippen LogP contribution in [-0.4, -0.2) is 89.0 Å². The molecule has 5 atom stereocenters. The quantitative estimate of drug-likeness (QED) is 0.192. The number of nitrogens with one attached hydrogen (secondary N) is 1. The number of nitrogens with two attached hydrogens (primary N) is 1. The number of halogens is 1. The number of aliphatic hydroxyl groups is 4. The van der Waals surface area contributed by atoms with Gasteiger partial charge in [0.2, 0.25) is 6.41 Å². The Morgan fingerprint density at radius 3 is 2.67 bits per heavy atom. The number of aromatic amines is 1. The molecular weight excluding hydrogens is 439 g/mol. The lowest BCUT2D eigenvalue weighted by Crippen LogP contribution is -2.48. The van der Waals surface area contributed by atoms with E-state index in [4.69, 9.17) is 20.7 Å². The Hall–Kier alpha value is -3.23. The molecule has 13 heteroatoms. The van der Waals surface area contributed by atoms with Gasteiger partial charge < -0.3 is 40.8 Å². The van der Waals surface area contributed by atoms with Gasteiger partial charge >= 0.3 is 0 Å². The van der Waals surface area contributed by atoms with Gasteiger partial charge in [-0.05, 0) is 24.6 Å². The molecule has 1 aliphatic rings. The minimum atomic E-state index is -1.55. The van der Waals surface area contributed by atoms with Gasteiger partial charge in [0, 0.05) is 13.0 Å². The summed E-state index contributed by atoms with van der Waals surface area (Å²) in [7, 11) is 0. The third-order valence-electron chi connectivity index (χ3n) is 5.02. The number of hydrogen-bond donors (Lipinski definition) is 6. The molecule has 0 bridgehead atoms. The topological polar surface area (TPSA) is 191 Å². The molecule has 0 spiro atoms. The SMILES string of the molecule is CCN(C=O)C(O)[C@H]1OC(O)[C@H](O)[C@@H]1O.Nc1nc(Cc2cccc(F)c2)nc2nc[nH]c12. The lowest BCUT2D eigenvalue weighted by atomic mass is 10.1. The molecule has 1 amide bonds. The monoisotopic (exact) mass is 464 g/mol. The second-order valence-corrected chi connectivity index (χ2v) is 7.25. The number of likely N-dealkylation sites (N-methyl/N-ethyl adjacent to an activating group) is 1. The zero-order chi connectivity index (χ0) is 24.1. The van der Waals surface area contributed by atoms with E-state index < -0.39 is 30.8 Å². The van der Waals surface area contributed by atoms with Crippen molar-refractivity contribution in [2.75, 3.05) is 12.3 Å². The van der Waals surface area contributed by atoms with Crippen molar-refractivity contribution in [3.8, 4) is 0 Å². The molecule has 0 radical (unpaired) electrons. The number of benzene rings is 1. The lowest BCUT2D eigenvalue weighted by molar-refractivity contribution is -0.174. The van der Waals surface area contributed by atoms with E-state index in [1.165, 1.54) is 18.5 Å². The van der Waals surface area contributed by atoms with E-state index in [2.05, 4.69) is 19.9 Å². The minimum Gasteiger partial charge on any atom is -0.387 e. The van der Waals surface area contributed by atoms with Crippen LogP contribution in [0.25, 0.3) is 11.2 Å². The van der Waals surface area contributed by atoms with Crippen molar-refractivity contribution in [3.63, 3.8) is 0 Å². The number of ether oxygens (including phenoxy) is 1. The van der Waals surface area contributed by atoms with Crippen LogP contribution in [0.3, 0.4) is 0 Å². The first-order chi connectivity index (χ1) is 15.7. The zero-order valence-electron chi connectivity index (χ0n) is 17.6. The number of carbonyl (C=O) groups is 1. The number of nitrogen functional groups attached to an aromatic ring is 1. The number of hydrogen-bond acceptors (Lipinski definition) is 10. The Morgan fingerprint density at radius 1 is 1.30 bits per heavy atom. The van der Waals surface area contributed by atoms with Gasteiger partial charge in [-0.2, -0.15) is 0 Å². The zero-order valence-corrected chi connectivity index (χ0v) is 17.6. The number of nitrogens with zero attached hydrogens (tertiary/aromatic N) is 4. The van der Waals surface area contributed by atoms with Crippen LogP contribution < -0.4 is 5.73 Å². The molecule has 2 aromatic heterocycles. The Morgan fingerprint density at radius 2 is 2.06 bits per heavy atom. The predicted molar refractivity (Wildman–Crippen MR) is 113 cm³/mol. The maximum Gasteiger partial charge on any atom is 0.211 e. The number of amides is 1. The molecule has 7 N–H and O–H groups in total. The number of imidazole rings is 1. The third kappa shape index (κ3) is 5.58. The summed E-state index contributed by atoms with van der Waals surface area (Å²) >= 11 is 0. The normalized spacial score (nSPS) is 23.1. The van der Waals surface area contributed by atoms with Crippen LogP contribution in [0.2, 0.25) is 0 Å². The van der Waals surface area contributed by atoms with Crippen LogP contribution >= 0.6 is 0 Å². The first-order valence-corrected chi connectivity index (χ1v) is 10.0. The van der Waals surface area contributed by atoms with Crippen LogP contribution in [0.1, 0.15) is 18.3 Å². The summed E-state index contributed by atoms with van der Waals surface area (Å²) in [5, 5.41) is 37.2. The van der Waals surface area contributed by atoms with Crippen molar-refractivity contribution in [3.05, 3.63) is 47.8 Å². The molecule has 12 nitrogen and oxygen atoms in total. The maximum atomic E-state index is 13.1. The number of anilines is 1. The van der Waals surface area contributed by atoms with Crippen LogP contribution in [0.5, 0.6) is 0 Å². The number of H-pyrrole nitrogens is 1. The Balaban J connectivity index is 0.000000190. The van der Waals surface area contributed by atoms with E-state index >= 15 is 0 Å². The largest absolute Gasteiger partial charge is 0.387 e. The fourth-order valence-electron chi connectivity index (χ4n) is 3.26. The molecular formula is C20H25FN6O6. The van der Waals surface area contributed by atoms with E-state index in [1.807, 2.05) is 6.07 Å². The summed E-state index contributed by atoms with van der Waals surface area (Å²) in [4.78, 5) is 26.8. The van der Waals surface area contributed by atoms with Gasteiger partial charge in [-0.3, -0.25) is 4.79 Å². The fraction of sp³-hybridized carbons (Fsp3) is 0.400. The molecule has 3 aromatic rings. The summed E-state index contributed by atoms with van der Waals surface area (Å²) in [6.45, 7) is 1.86. The first kappa shape index (κ1) is 24.4.